The lowest BCUT2D eigenvalue weighted by molar-refractivity contribution is 0.102. The molecule has 2 aromatic carbocycles. The molecule has 142 valence electrons. The minimum Gasteiger partial charge on any atom is -0.360 e. The van der Waals surface area contributed by atoms with Crippen LogP contribution in [0.5, 0.6) is 0 Å². The molecule has 3 aromatic heterocycles. The van der Waals surface area contributed by atoms with Crippen LogP contribution < -0.4 is 5.56 Å². The fourth-order valence-corrected chi connectivity index (χ4v) is 4.07. The maximum absolute atomic E-state index is 12.8. The van der Waals surface area contributed by atoms with Crippen LogP contribution in [-0.4, -0.2) is 35.7 Å². The van der Waals surface area contributed by atoms with Crippen molar-refractivity contribution in [2.45, 2.75) is 5.16 Å². The highest BCUT2D eigenvalue weighted by atomic mass is 32.2. The number of benzene rings is 2. The summed E-state index contributed by atoms with van der Waals surface area (Å²) in [5, 5.41) is 9.55. The summed E-state index contributed by atoms with van der Waals surface area (Å²) in [4.78, 5) is 28.6. The van der Waals surface area contributed by atoms with Gasteiger partial charge in [0.15, 0.2) is 10.9 Å². The number of aromatic amines is 1. The average molecular weight is 401 g/mol. The first-order valence-electron chi connectivity index (χ1n) is 8.96. The van der Waals surface area contributed by atoms with Crippen LogP contribution in [0.3, 0.4) is 0 Å². The molecular weight excluding hydrogens is 386 g/mol. The van der Waals surface area contributed by atoms with Crippen LogP contribution in [-0.2, 0) is 0 Å². The number of hydrogen-bond acceptors (Lipinski definition) is 5. The van der Waals surface area contributed by atoms with E-state index in [0.29, 0.717) is 10.7 Å². The van der Waals surface area contributed by atoms with Crippen LogP contribution in [0.25, 0.3) is 22.2 Å². The lowest BCUT2D eigenvalue weighted by Crippen LogP contribution is -2.20. The van der Waals surface area contributed by atoms with E-state index in [1.807, 2.05) is 54.6 Å². The van der Waals surface area contributed by atoms with E-state index in [-0.39, 0.29) is 22.7 Å². The molecular formula is C21H15N5O2S. The summed E-state index contributed by atoms with van der Waals surface area (Å²) >= 11 is 1.26. The number of nitrogens with zero attached hydrogens (tertiary/aromatic N) is 4. The van der Waals surface area contributed by atoms with Gasteiger partial charge in [-0.05, 0) is 18.2 Å². The number of para-hydroxylation sites is 2. The molecule has 0 aliphatic rings. The third kappa shape index (κ3) is 3.03. The van der Waals surface area contributed by atoms with E-state index in [4.69, 9.17) is 0 Å². The number of hydrogen-bond donors (Lipinski definition) is 1. The SMILES string of the molecule is O=C(CSc1nnc2c(=O)n(-c3ccccc3)ccn12)c1c[nH]c2ccccc12. The summed E-state index contributed by atoms with van der Waals surface area (Å²) in [7, 11) is 0. The Bertz CT molecular complexity index is 1400. The Kier molecular flexibility index (Phi) is 4.25. The van der Waals surface area contributed by atoms with Gasteiger partial charge in [0.2, 0.25) is 5.65 Å². The van der Waals surface area contributed by atoms with Crippen molar-refractivity contribution in [2.75, 3.05) is 5.75 Å². The fraction of sp³-hybridized carbons (Fsp3) is 0.0476. The van der Waals surface area contributed by atoms with E-state index >= 15 is 0 Å². The molecule has 0 spiro atoms. The Morgan fingerprint density at radius 2 is 1.79 bits per heavy atom. The maximum Gasteiger partial charge on any atom is 0.300 e. The number of ketones is 1. The molecule has 8 heteroatoms. The number of fused-ring (bicyclic) bond motifs is 2. The second-order valence-electron chi connectivity index (χ2n) is 6.44. The number of Topliss-reactive ketones (excluding diaryl/α,β-unsaturated/α-hetero) is 1. The largest absolute Gasteiger partial charge is 0.360 e. The van der Waals surface area contributed by atoms with Gasteiger partial charge >= 0.3 is 5.56 Å². The predicted molar refractivity (Wildman–Crippen MR) is 112 cm³/mol. The third-order valence-electron chi connectivity index (χ3n) is 4.70. The summed E-state index contributed by atoms with van der Waals surface area (Å²) in [6.07, 6.45) is 5.15. The zero-order valence-electron chi connectivity index (χ0n) is 15.1. The van der Waals surface area contributed by atoms with Gasteiger partial charge in [0.05, 0.1) is 5.75 Å². The lowest BCUT2D eigenvalue weighted by atomic mass is 10.1. The summed E-state index contributed by atoms with van der Waals surface area (Å²) < 4.78 is 3.14. The molecule has 0 unspecified atom stereocenters. The Labute approximate surface area is 169 Å². The summed E-state index contributed by atoms with van der Waals surface area (Å²) in [5.74, 6) is 0.187. The van der Waals surface area contributed by atoms with E-state index in [1.165, 1.54) is 16.3 Å². The second-order valence-corrected chi connectivity index (χ2v) is 7.39. The number of aromatic nitrogens is 5. The Hall–Kier alpha value is -3.65. The fourth-order valence-electron chi connectivity index (χ4n) is 3.27. The molecule has 0 radical (unpaired) electrons. The molecule has 3 heterocycles. The van der Waals surface area contributed by atoms with Crippen molar-refractivity contribution in [3.63, 3.8) is 0 Å². The van der Waals surface area contributed by atoms with Gasteiger partial charge in [-0.1, -0.05) is 48.2 Å². The van der Waals surface area contributed by atoms with Gasteiger partial charge in [-0.2, -0.15) is 0 Å². The molecule has 5 rings (SSSR count). The van der Waals surface area contributed by atoms with Crippen molar-refractivity contribution in [3.8, 4) is 5.69 Å². The van der Waals surface area contributed by atoms with Crippen molar-refractivity contribution in [3.05, 3.63) is 89.1 Å². The quantitative estimate of drug-likeness (QED) is 0.361. The van der Waals surface area contributed by atoms with Gasteiger partial charge < -0.3 is 4.98 Å². The molecule has 0 amide bonds. The normalized spacial score (nSPS) is 11.3. The van der Waals surface area contributed by atoms with E-state index < -0.39 is 0 Å². The minimum absolute atomic E-state index is 0.0122. The highest BCUT2D eigenvalue weighted by Crippen LogP contribution is 2.22. The molecule has 29 heavy (non-hydrogen) atoms. The molecule has 0 bridgehead atoms. The van der Waals surface area contributed by atoms with Crippen molar-refractivity contribution < 1.29 is 4.79 Å². The van der Waals surface area contributed by atoms with Crippen LogP contribution in [0.1, 0.15) is 10.4 Å². The van der Waals surface area contributed by atoms with Gasteiger partial charge in [0, 0.05) is 40.7 Å². The first-order chi connectivity index (χ1) is 14.2. The molecule has 0 saturated heterocycles. The summed E-state index contributed by atoms with van der Waals surface area (Å²) in [6, 6.07) is 17.0. The van der Waals surface area contributed by atoms with E-state index in [1.54, 1.807) is 23.0 Å². The van der Waals surface area contributed by atoms with Gasteiger partial charge in [0.1, 0.15) is 0 Å². The lowest BCUT2D eigenvalue weighted by Gasteiger charge is -2.06. The number of carbonyl (C=O) groups is 1. The van der Waals surface area contributed by atoms with Gasteiger partial charge in [-0.3, -0.25) is 18.6 Å². The summed E-state index contributed by atoms with van der Waals surface area (Å²) in [6.45, 7) is 0. The van der Waals surface area contributed by atoms with Crippen molar-refractivity contribution in [1.82, 2.24) is 24.1 Å². The Morgan fingerprint density at radius 1 is 1.00 bits per heavy atom. The van der Waals surface area contributed by atoms with Crippen molar-refractivity contribution in [2.24, 2.45) is 0 Å². The molecule has 7 nitrogen and oxygen atoms in total. The van der Waals surface area contributed by atoms with Crippen LogP contribution in [0.2, 0.25) is 0 Å². The first kappa shape index (κ1) is 17.4. The number of thioether (sulfide) groups is 1. The van der Waals surface area contributed by atoms with E-state index in [0.717, 1.165) is 16.6 Å². The number of rotatable bonds is 5. The van der Waals surface area contributed by atoms with Crippen LogP contribution in [0.15, 0.2) is 83.1 Å². The molecule has 0 fully saturated rings. The monoisotopic (exact) mass is 401 g/mol. The standard InChI is InChI=1S/C21H15N5O2S/c27-18(16-12-22-17-9-5-4-8-15(16)17)13-29-21-24-23-19-20(28)25(10-11-26(19)21)14-6-2-1-3-7-14/h1-12,22H,13H2. The van der Waals surface area contributed by atoms with Gasteiger partial charge in [-0.25, -0.2) is 0 Å². The van der Waals surface area contributed by atoms with Crippen LogP contribution in [0, 0.1) is 0 Å². The van der Waals surface area contributed by atoms with Crippen LogP contribution in [0.4, 0.5) is 0 Å². The predicted octanol–water partition coefficient (Wildman–Crippen LogP) is 3.34. The van der Waals surface area contributed by atoms with Crippen LogP contribution >= 0.6 is 11.8 Å². The molecule has 5 aromatic rings. The van der Waals surface area contributed by atoms with E-state index in [2.05, 4.69) is 15.2 Å². The first-order valence-corrected chi connectivity index (χ1v) is 9.95. The van der Waals surface area contributed by atoms with Gasteiger partial charge in [-0.15, -0.1) is 10.2 Å². The smallest absolute Gasteiger partial charge is 0.300 e. The van der Waals surface area contributed by atoms with E-state index in [9.17, 15) is 9.59 Å². The molecule has 0 atom stereocenters. The second kappa shape index (κ2) is 7.06. The topological polar surface area (TPSA) is 85.0 Å². The maximum atomic E-state index is 12.8. The molecule has 0 saturated carbocycles. The number of nitrogens with one attached hydrogen (secondary N) is 1. The zero-order valence-corrected chi connectivity index (χ0v) is 16.0. The average Bonchev–Trinajstić information content (AvgIpc) is 3.38. The molecule has 0 aliphatic carbocycles. The minimum atomic E-state index is -0.263. The van der Waals surface area contributed by atoms with Crippen molar-refractivity contribution >= 4 is 34.1 Å². The highest BCUT2D eigenvalue weighted by molar-refractivity contribution is 7.99. The Balaban J connectivity index is 1.42. The molecule has 1 N–H and O–H groups in total. The molecule has 0 aliphatic heterocycles. The highest BCUT2D eigenvalue weighted by Gasteiger charge is 2.16. The zero-order chi connectivity index (χ0) is 19.8. The Morgan fingerprint density at radius 3 is 2.66 bits per heavy atom. The van der Waals surface area contributed by atoms with Gasteiger partial charge in [0.25, 0.3) is 0 Å². The summed E-state index contributed by atoms with van der Waals surface area (Å²) in [5.41, 5.74) is 2.29. The number of carbonyl (C=O) groups excluding carboxylic acids is 1. The third-order valence-corrected chi connectivity index (χ3v) is 5.64. The number of H-pyrrole nitrogens is 1. The van der Waals surface area contributed by atoms with Crippen molar-refractivity contribution in [1.29, 1.82) is 0 Å².